The van der Waals surface area contributed by atoms with E-state index in [1.54, 1.807) is 44.4 Å². The lowest BCUT2D eigenvalue weighted by Crippen LogP contribution is -2.52. The highest BCUT2D eigenvalue weighted by atomic mass is 35.5. The molecular formula is C33H42ClN3O8S. The van der Waals surface area contributed by atoms with Crippen molar-refractivity contribution in [1.29, 1.82) is 0 Å². The molecule has 0 aromatic heterocycles. The number of ether oxygens (including phenoxy) is 4. The Hall–Kier alpha value is -4.16. The van der Waals surface area contributed by atoms with Crippen molar-refractivity contribution in [1.82, 2.24) is 10.2 Å². The Kier molecular flexibility index (Phi) is 13.0. The molecule has 0 bridgehead atoms. The van der Waals surface area contributed by atoms with Crippen LogP contribution in [0.4, 0.5) is 5.69 Å². The molecular weight excluding hydrogens is 634 g/mol. The molecule has 0 saturated heterocycles. The molecule has 2 amide bonds. The Morgan fingerprint density at radius 1 is 0.848 bits per heavy atom. The molecule has 0 fully saturated rings. The molecule has 1 N–H and O–H groups in total. The maximum Gasteiger partial charge on any atom is 0.265 e. The van der Waals surface area contributed by atoms with Crippen LogP contribution >= 0.6 is 11.6 Å². The minimum atomic E-state index is -4.45. The van der Waals surface area contributed by atoms with Crippen LogP contribution in [0.15, 0.2) is 65.6 Å². The molecule has 0 unspecified atom stereocenters. The summed E-state index contributed by atoms with van der Waals surface area (Å²) in [6.45, 7) is 5.52. The zero-order chi connectivity index (χ0) is 34.0. The number of benzene rings is 3. The second-order valence-corrected chi connectivity index (χ2v) is 13.1. The van der Waals surface area contributed by atoms with Crippen LogP contribution in [0.3, 0.4) is 0 Å². The molecule has 11 nitrogen and oxygen atoms in total. The molecule has 0 radical (unpaired) electrons. The largest absolute Gasteiger partial charge is 0.497 e. The Bertz CT molecular complexity index is 1600. The fourth-order valence-corrected chi connectivity index (χ4v) is 6.34. The van der Waals surface area contributed by atoms with Crippen molar-refractivity contribution in [2.75, 3.05) is 45.8 Å². The highest BCUT2D eigenvalue weighted by Crippen LogP contribution is 2.37. The van der Waals surface area contributed by atoms with Crippen molar-refractivity contribution in [2.24, 2.45) is 5.92 Å². The number of anilines is 1. The molecule has 0 aliphatic rings. The van der Waals surface area contributed by atoms with E-state index in [0.717, 1.165) is 9.87 Å². The van der Waals surface area contributed by atoms with Gasteiger partial charge in [0, 0.05) is 24.2 Å². The van der Waals surface area contributed by atoms with Crippen LogP contribution in [0.5, 0.6) is 23.0 Å². The van der Waals surface area contributed by atoms with Crippen LogP contribution in [-0.2, 0) is 26.2 Å². The zero-order valence-electron chi connectivity index (χ0n) is 27.2. The van der Waals surface area contributed by atoms with Crippen LogP contribution in [0.2, 0.25) is 5.02 Å². The van der Waals surface area contributed by atoms with Crippen LogP contribution in [0.1, 0.15) is 32.8 Å². The van der Waals surface area contributed by atoms with Gasteiger partial charge in [0.15, 0.2) is 11.5 Å². The molecule has 0 aliphatic carbocycles. The van der Waals surface area contributed by atoms with Gasteiger partial charge in [0.1, 0.15) is 24.1 Å². The molecule has 13 heteroatoms. The highest BCUT2D eigenvalue weighted by Gasteiger charge is 2.35. The predicted octanol–water partition coefficient (Wildman–Crippen LogP) is 5.15. The summed E-state index contributed by atoms with van der Waals surface area (Å²) < 4.78 is 51.1. The number of sulfonamides is 1. The number of carbonyl (C=O) groups excluding carboxylic acids is 2. The lowest BCUT2D eigenvalue weighted by atomic mass is 10.1. The number of nitrogens with one attached hydrogen (secondary N) is 1. The number of methoxy groups -OCH3 is 4. The van der Waals surface area contributed by atoms with Crippen molar-refractivity contribution in [2.45, 2.75) is 44.7 Å². The summed E-state index contributed by atoms with van der Waals surface area (Å²) in [6.07, 6.45) is 0.286. The van der Waals surface area contributed by atoms with Gasteiger partial charge in [-0.15, -0.1) is 0 Å². The smallest absolute Gasteiger partial charge is 0.265 e. The van der Waals surface area contributed by atoms with Crippen LogP contribution in [0.25, 0.3) is 0 Å². The Morgan fingerprint density at radius 2 is 1.48 bits per heavy atom. The van der Waals surface area contributed by atoms with Crippen LogP contribution in [-0.4, -0.2) is 72.7 Å². The van der Waals surface area contributed by atoms with Gasteiger partial charge in [0.05, 0.1) is 39.0 Å². The molecule has 3 rings (SSSR count). The average Bonchev–Trinajstić information content (AvgIpc) is 3.05. The topological polar surface area (TPSA) is 124 Å². The Labute approximate surface area is 276 Å². The van der Waals surface area contributed by atoms with Gasteiger partial charge in [0.25, 0.3) is 10.0 Å². The number of hydrogen-bond acceptors (Lipinski definition) is 8. The summed E-state index contributed by atoms with van der Waals surface area (Å²) in [5.41, 5.74) is 0.763. The second-order valence-electron chi connectivity index (χ2n) is 10.8. The van der Waals surface area contributed by atoms with Crippen molar-refractivity contribution in [3.05, 3.63) is 71.2 Å². The molecule has 3 aromatic carbocycles. The maximum atomic E-state index is 14.4. The van der Waals surface area contributed by atoms with E-state index in [9.17, 15) is 18.0 Å². The molecule has 1 atom stereocenters. The SMILES string of the molecule is CC[C@H](C(=O)NCC(C)C)N(Cc1ccc(OC)cc1)C(=O)CN(c1cc(Cl)ccc1OC)S(=O)(=O)c1ccc(OC)c(OC)c1. The summed E-state index contributed by atoms with van der Waals surface area (Å²) in [7, 11) is 1.31. The first-order valence-corrected chi connectivity index (χ1v) is 16.5. The number of nitrogens with zero attached hydrogens (tertiary/aromatic N) is 2. The number of carbonyl (C=O) groups is 2. The third-order valence-electron chi connectivity index (χ3n) is 7.21. The minimum Gasteiger partial charge on any atom is -0.497 e. The summed E-state index contributed by atoms with van der Waals surface area (Å²) in [5.74, 6) is 0.536. The first-order valence-electron chi connectivity index (χ1n) is 14.7. The zero-order valence-corrected chi connectivity index (χ0v) is 28.8. The molecule has 250 valence electrons. The van der Waals surface area contributed by atoms with Crippen LogP contribution < -0.4 is 28.6 Å². The number of amides is 2. The summed E-state index contributed by atoms with van der Waals surface area (Å²) in [4.78, 5) is 29.1. The molecule has 0 heterocycles. The number of halogens is 1. The molecule has 0 saturated carbocycles. The van der Waals surface area contributed by atoms with E-state index in [0.29, 0.717) is 18.0 Å². The minimum absolute atomic E-state index is 0.0351. The lowest BCUT2D eigenvalue weighted by Gasteiger charge is -2.33. The van der Waals surface area contributed by atoms with E-state index in [2.05, 4.69) is 5.32 Å². The first kappa shape index (κ1) is 36.3. The molecule has 3 aromatic rings. The number of hydrogen-bond donors (Lipinski definition) is 1. The Morgan fingerprint density at radius 3 is 2.04 bits per heavy atom. The lowest BCUT2D eigenvalue weighted by molar-refractivity contribution is -0.140. The van der Waals surface area contributed by atoms with Gasteiger partial charge >= 0.3 is 0 Å². The van der Waals surface area contributed by atoms with E-state index >= 15 is 0 Å². The van der Waals surface area contributed by atoms with Crippen molar-refractivity contribution in [3.63, 3.8) is 0 Å². The second kappa shape index (κ2) is 16.4. The van der Waals surface area contributed by atoms with Gasteiger partial charge in [-0.05, 0) is 60.4 Å². The Balaban J connectivity index is 2.16. The molecule has 0 spiro atoms. The monoisotopic (exact) mass is 675 g/mol. The van der Waals surface area contributed by atoms with Gasteiger partial charge in [-0.2, -0.15) is 0 Å². The predicted molar refractivity (Wildman–Crippen MR) is 178 cm³/mol. The fourth-order valence-electron chi connectivity index (χ4n) is 4.75. The van der Waals surface area contributed by atoms with Gasteiger partial charge < -0.3 is 29.2 Å². The van der Waals surface area contributed by atoms with Crippen LogP contribution in [0, 0.1) is 5.92 Å². The maximum absolute atomic E-state index is 14.4. The molecule has 0 aliphatic heterocycles. The quantitative estimate of drug-likeness (QED) is 0.221. The van der Waals surface area contributed by atoms with Crippen molar-refractivity contribution in [3.8, 4) is 23.0 Å². The standard InChI is InChI=1S/C33H42ClN3O8S/c1-8-27(33(39)35-19-22(2)3)36(20-23-9-12-25(42-4)13-10-23)32(38)21-37(28-17-24(34)11-15-29(28)43-5)46(40,41)26-14-16-30(44-6)31(18-26)45-7/h9-18,22,27H,8,19-21H2,1-7H3,(H,35,39)/t27-/m1/s1. The normalized spacial score (nSPS) is 11.8. The van der Waals surface area contributed by atoms with Gasteiger partial charge in [-0.25, -0.2) is 8.42 Å². The van der Waals surface area contributed by atoms with E-state index in [1.807, 2.05) is 13.8 Å². The molecule has 46 heavy (non-hydrogen) atoms. The van der Waals surface area contributed by atoms with E-state index in [4.69, 9.17) is 30.5 Å². The average molecular weight is 676 g/mol. The van der Waals surface area contributed by atoms with Crippen molar-refractivity contribution < 1.29 is 37.0 Å². The summed E-state index contributed by atoms with van der Waals surface area (Å²) in [5, 5.41) is 3.14. The van der Waals surface area contributed by atoms with Gasteiger partial charge in [-0.1, -0.05) is 44.5 Å². The van der Waals surface area contributed by atoms with Crippen molar-refractivity contribution >= 4 is 39.1 Å². The summed E-state index contributed by atoms with van der Waals surface area (Å²) in [6, 6.07) is 14.8. The van der Waals surface area contributed by atoms with E-state index < -0.39 is 28.5 Å². The van der Waals surface area contributed by atoms with E-state index in [-0.39, 0.29) is 51.9 Å². The van der Waals surface area contributed by atoms with E-state index in [1.165, 1.54) is 56.6 Å². The van der Waals surface area contributed by atoms with Gasteiger partial charge in [0.2, 0.25) is 11.8 Å². The van der Waals surface area contributed by atoms with Gasteiger partial charge in [-0.3, -0.25) is 13.9 Å². The third-order valence-corrected chi connectivity index (χ3v) is 9.20. The third kappa shape index (κ3) is 8.76. The first-order chi connectivity index (χ1) is 21.9. The number of rotatable bonds is 16. The summed E-state index contributed by atoms with van der Waals surface area (Å²) >= 11 is 6.33. The fraction of sp³-hybridized carbons (Fsp3) is 0.394. The highest BCUT2D eigenvalue weighted by molar-refractivity contribution is 7.92.